The molecule has 1 aromatic rings. The molecule has 0 aliphatic carbocycles. The lowest BCUT2D eigenvalue weighted by atomic mass is 10.0. The first-order valence-corrected chi connectivity index (χ1v) is 12.1. The van der Waals surface area contributed by atoms with E-state index in [1.165, 1.54) is 0 Å². The Bertz CT molecular complexity index is 775. The topological polar surface area (TPSA) is 137 Å². The van der Waals surface area contributed by atoms with E-state index in [0.29, 0.717) is 12.8 Å². The predicted octanol–water partition coefficient (Wildman–Crippen LogP) is 4.47. The van der Waals surface area contributed by atoms with Crippen LogP contribution in [0.1, 0.15) is 79.2 Å². The summed E-state index contributed by atoms with van der Waals surface area (Å²) in [5.41, 5.74) is 5.53. The highest BCUT2D eigenvalue weighted by Crippen LogP contribution is 2.09. The molecule has 1 atom stereocenters. The molecule has 0 unspecified atom stereocenters. The van der Waals surface area contributed by atoms with Crippen molar-refractivity contribution in [2.24, 2.45) is 11.7 Å². The summed E-state index contributed by atoms with van der Waals surface area (Å²) in [5.74, 6) is -0.225. The van der Waals surface area contributed by atoms with E-state index in [4.69, 9.17) is 15.2 Å². The third-order valence-electron chi connectivity index (χ3n) is 4.44. The van der Waals surface area contributed by atoms with Gasteiger partial charge in [0.1, 0.15) is 18.2 Å². The Morgan fingerprint density at radius 3 is 2.14 bits per heavy atom. The molecule has 0 saturated carbocycles. The zero-order valence-electron chi connectivity index (χ0n) is 22.0. The second kappa shape index (κ2) is 17.4. The number of alkyl carbamates (subject to hydrolysis) is 2. The van der Waals surface area contributed by atoms with Crippen molar-refractivity contribution >= 4 is 23.9 Å². The standard InChI is InChI=1S/C15H21NO3.C11H22N2O3/c1-2-3-5-10-14(17)11-16-15(18)19-12-13-8-6-4-7-9-13;1-7(2)6-8(9(12)14)13-10(15)16-11(3,4)5/h4,6-9H,2-3,5,10-12H2,1H3,(H,16,18);7-8H,6H2,1-5H3,(H2,12,14)(H,13,15)/t;8-/m.0/s1. The van der Waals surface area contributed by atoms with Crippen LogP contribution in [0, 0.1) is 5.92 Å². The first-order chi connectivity index (χ1) is 16.3. The minimum atomic E-state index is -0.671. The van der Waals surface area contributed by atoms with Gasteiger partial charge in [0.2, 0.25) is 5.91 Å². The Morgan fingerprint density at radius 1 is 1.00 bits per heavy atom. The number of primary amides is 1. The predicted molar refractivity (Wildman–Crippen MR) is 136 cm³/mol. The van der Waals surface area contributed by atoms with E-state index in [0.717, 1.165) is 24.8 Å². The van der Waals surface area contributed by atoms with Crippen molar-refractivity contribution < 1.29 is 28.7 Å². The fourth-order valence-electron chi connectivity index (χ4n) is 2.77. The van der Waals surface area contributed by atoms with Crippen LogP contribution in [0.25, 0.3) is 0 Å². The molecule has 0 aromatic heterocycles. The zero-order chi connectivity index (χ0) is 26.9. The number of carbonyl (C=O) groups excluding carboxylic acids is 4. The summed E-state index contributed by atoms with van der Waals surface area (Å²) in [4.78, 5) is 45.3. The van der Waals surface area contributed by atoms with Crippen molar-refractivity contribution in [2.75, 3.05) is 6.54 Å². The molecule has 9 heteroatoms. The van der Waals surface area contributed by atoms with Gasteiger partial charge in [0.05, 0.1) is 6.54 Å². The average molecular weight is 494 g/mol. The summed E-state index contributed by atoms with van der Waals surface area (Å²) >= 11 is 0. The fourth-order valence-corrected chi connectivity index (χ4v) is 2.77. The molecule has 4 N–H and O–H groups in total. The van der Waals surface area contributed by atoms with Crippen LogP contribution in [-0.2, 0) is 25.7 Å². The van der Waals surface area contributed by atoms with Gasteiger partial charge in [0.15, 0.2) is 5.78 Å². The Kier molecular flexibility index (Phi) is 15.8. The molecule has 1 aromatic carbocycles. The van der Waals surface area contributed by atoms with Crippen molar-refractivity contribution in [3.8, 4) is 0 Å². The molecule has 0 aliphatic rings. The third-order valence-corrected chi connectivity index (χ3v) is 4.44. The van der Waals surface area contributed by atoms with Crippen LogP contribution in [0.2, 0.25) is 0 Å². The van der Waals surface area contributed by atoms with Gasteiger partial charge in [-0.05, 0) is 45.1 Å². The first kappa shape index (κ1) is 31.9. The van der Waals surface area contributed by atoms with E-state index >= 15 is 0 Å². The zero-order valence-corrected chi connectivity index (χ0v) is 22.0. The largest absolute Gasteiger partial charge is 0.445 e. The van der Waals surface area contributed by atoms with E-state index in [9.17, 15) is 19.2 Å². The molecule has 0 radical (unpaired) electrons. The molecule has 0 aliphatic heterocycles. The highest BCUT2D eigenvalue weighted by atomic mass is 16.6. The average Bonchev–Trinajstić information content (AvgIpc) is 2.75. The van der Waals surface area contributed by atoms with Gasteiger partial charge in [0, 0.05) is 6.42 Å². The van der Waals surface area contributed by atoms with Crippen molar-refractivity contribution in [3.05, 3.63) is 35.9 Å². The lowest BCUT2D eigenvalue weighted by Crippen LogP contribution is -2.46. The summed E-state index contributed by atoms with van der Waals surface area (Å²) in [6.07, 6.45) is 2.88. The van der Waals surface area contributed by atoms with Crippen LogP contribution >= 0.6 is 0 Å². The number of ether oxygens (including phenoxy) is 2. The van der Waals surface area contributed by atoms with Gasteiger partial charge < -0.3 is 25.8 Å². The van der Waals surface area contributed by atoms with Gasteiger partial charge in [-0.1, -0.05) is 63.9 Å². The molecule has 0 saturated heterocycles. The molecule has 0 bridgehead atoms. The van der Waals surface area contributed by atoms with Gasteiger partial charge in [-0.15, -0.1) is 0 Å². The maximum absolute atomic E-state index is 11.4. The van der Waals surface area contributed by atoms with Gasteiger partial charge in [0.25, 0.3) is 0 Å². The molecular weight excluding hydrogens is 450 g/mol. The molecule has 0 spiro atoms. The minimum Gasteiger partial charge on any atom is -0.445 e. The maximum atomic E-state index is 11.4. The molecule has 1 rings (SSSR count). The quantitative estimate of drug-likeness (QED) is 0.367. The molecule has 0 heterocycles. The number of benzene rings is 1. The van der Waals surface area contributed by atoms with Crippen LogP contribution < -0.4 is 16.4 Å². The smallest absolute Gasteiger partial charge is 0.408 e. The molecule has 0 fully saturated rings. The first-order valence-electron chi connectivity index (χ1n) is 12.1. The molecular formula is C26H43N3O6. The highest BCUT2D eigenvalue weighted by Gasteiger charge is 2.23. The number of carbonyl (C=O) groups is 4. The number of Topliss-reactive ketones (excluding diaryl/α,β-unsaturated/α-hetero) is 1. The second-order valence-electron chi connectivity index (χ2n) is 9.64. The normalized spacial score (nSPS) is 11.5. The number of hydrogen-bond donors (Lipinski definition) is 3. The number of nitrogens with one attached hydrogen (secondary N) is 2. The van der Waals surface area contributed by atoms with Gasteiger partial charge >= 0.3 is 12.2 Å². The summed E-state index contributed by atoms with van der Waals surface area (Å²) < 4.78 is 10.0. The van der Waals surface area contributed by atoms with Crippen molar-refractivity contribution in [3.63, 3.8) is 0 Å². The maximum Gasteiger partial charge on any atom is 0.408 e. The SMILES string of the molecule is CC(C)C[C@H](NC(=O)OC(C)(C)C)C(N)=O.CCCCCC(=O)CNC(=O)OCc1ccccc1. The third kappa shape index (κ3) is 19.0. The number of amides is 3. The van der Waals surface area contributed by atoms with Crippen LogP contribution in [-0.4, -0.2) is 42.1 Å². The molecule has 198 valence electrons. The van der Waals surface area contributed by atoms with Crippen LogP contribution in [0.3, 0.4) is 0 Å². The van der Waals surface area contributed by atoms with Crippen molar-refractivity contribution in [1.29, 1.82) is 0 Å². The highest BCUT2D eigenvalue weighted by molar-refractivity contribution is 5.84. The van der Waals surface area contributed by atoms with Gasteiger partial charge in [-0.25, -0.2) is 9.59 Å². The second-order valence-corrected chi connectivity index (χ2v) is 9.64. The number of rotatable bonds is 12. The van der Waals surface area contributed by atoms with Gasteiger partial charge in [-0.3, -0.25) is 9.59 Å². The molecule has 9 nitrogen and oxygen atoms in total. The number of ketones is 1. The Morgan fingerprint density at radius 2 is 1.63 bits per heavy atom. The monoisotopic (exact) mass is 493 g/mol. The summed E-state index contributed by atoms with van der Waals surface area (Å²) in [5, 5.41) is 4.94. The minimum absolute atomic E-state index is 0.0464. The van der Waals surface area contributed by atoms with E-state index in [2.05, 4.69) is 17.6 Å². The number of nitrogens with two attached hydrogens (primary N) is 1. The van der Waals surface area contributed by atoms with Crippen molar-refractivity contribution in [1.82, 2.24) is 10.6 Å². The Hall–Kier alpha value is -3.10. The number of hydrogen-bond acceptors (Lipinski definition) is 6. The van der Waals surface area contributed by atoms with E-state index < -0.39 is 29.7 Å². The summed E-state index contributed by atoms with van der Waals surface area (Å²) in [6.45, 7) is 11.5. The Labute approximate surface area is 209 Å². The van der Waals surface area contributed by atoms with Crippen LogP contribution in [0.15, 0.2) is 30.3 Å². The fraction of sp³-hybridized carbons (Fsp3) is 0.615. The molecule has 3 amide bonds. The van der Waals surface area contributed by atoms with Crippen molar-refractivity contribution in [2.45, 2.75) is 91.9 Å². The summed E-state index contributed by atoms with van der Waals surface area (Å²) in [7, 11) is 0. The van der Waals surface area contributed by atoms with Crippen LogP contribution in [0.4, 0.5) is 9.59 Å². The van der Waals surface area contributed by atoms with E-state index in [1.54, 1.807) is 20.8 Å². The Balaban J connectivity index is 0.000000672. The van der Waals surface area contributed by atoms with E-state index in [-0.39, 0.29) is 24.9 Å². The lowest BCUT2D eigenvalue weighted by Gasteiger charge is -2.23. The van der Waals surface area contributed by atoms with Gasteiger partial charge in [-0.2, -0.15) is 0 Å². The number of unbranched alkanes of at least 4 members (excludes halogenated alkanes) is 2. The molecule has 35 heavy (non-hydrogen) atoms. The summed E-state index contributed by atoms with van der Waals surface area (Å²) in [6, 6.07) is 8.75. The van der Waals surface area contributed by atoms with E-state index in [1.807, 2.05) is 44.2 Å². The van der Waals surface area contributed by atoms with Crippen LogP contribution in [0.5, 0.6) is 0 Å². The lowest BCUT2D eigenvalue weighted by molar-refractivity contribution is -0.120.